The van der Waals surface area contributed by atoms with E-state index in [2.05, 4.69) is 21.5 Å². The average Bonchev–Trinajstić information content (AvgIpc) is 2.94. The summed E-state index contributed by atoms with van der Waals surface area (Å²) in [6, 6.07) is 9.43. The van der Waals surface area contributed by atoms with Crippen molar-refractivity contribution in [2.45, 2.75) is 19.9 Å². The molecule has 2 aromatic heterocycles. The molecule has 0 unspecified atom stereocenters. The molecule has 0 saturated carbocycles. The monoisotopic (exact) mass is 331 g/mol. The molecular formula is C17H15Cl2N3. The van der Waals surface area contributed by atoms with Crippen molar-refractivity contribution in [3.05, 3.63) is 70.2 Å². The summed E-state index contributed by atoms with van der Waals surface area (Å²) in [6.45, 7) is 2.74. The Morgan fingerprint density at radius 3 is 2.73 bits per heavy atom. The van der Waals surface area contributed by atoms with Crippen LogP contribution in [0.15, 0.2) is 48.9 Å². The molecule has 0 aliphatic rings. The van der Waals surface area contributed by atoms with Gasteiger partial charge >= 0.3 is 0 Å². The Morgan fingerprint density at radius 2 is 2.00 bits per heavy atom. The van der Waals surface area contributed by atoms with E-state index in [9.17, 15) is 0 Å². The lowest BCUT2D eigenvalue weighted by molar-refractivity contribution is 0.755. The molecule has 0 atom stereocenters. The van der Waals surface area contributed by atoms with Crippen molar-refractivity contribution in [1.29, 1.82) is 0 Å². The van der Waals surface area contributed by atoms with Gasteiger partial charge in [-0.05, 0) is 42.3 Å². The number of nitrogens with zero attached hydrogens (tertiary/aromatic N) is 3. The summed E-state index contributed by atoms with van der Waals surface area (Å²) >= 11 is 12.4. The molecule has 112 valence electrons. The van der Waals surface area contributed by atoms with Gasteiger partial charge in [-0.15, -0.1) is 0 Å². The van der Waals surface area contributed by atoms with Crippen molar-refractivity contribution >= 4 is 23.2 Å². The van der Waals surface area contributed by atoms with E-state index in [1.807, 2.05) is 36.7 Å². The third-order valence-electron chi connectivity index (χ3n) is 3.56. The Kier molecular flexibility index (Phi) is 4.46. The number of benzene rings is 1. The Morgan fingerprint density at radius 1 is 1.14 bits per heavy atom. The molecule has 2 heterocycles. The molecule has 0 bridgehead atoms. The molecule has 22 heavy (non-hydrogen) atoms. The molecule has 0 aliphatic heterocycles. The normalized spacial score (nSPS) is 10.9. The van der Waals surface area contributed by atoms with Crippen molar-refractivity contribution < 1.29 is 0 Å². The minimum Gasteiger partial charge on any atom is -0.324 e. The summed E-state index contributed by atoms with van der Waals surface area (Å²) in [5.41, 5.74) is 3.11. The maximum atomic E-state index is 6.30. The van der Waals surface area contributed by atoms with Crippen LogP contribution in [0.4, 0.5) is 0 Å². The smallest absolute Gasteiger partial charge is 0.141 e. The molecule has 0 radical (unpaired) electrons. The third-order valence-corrected chi connectivity index (χ3v) is 4.16. The highest BCUT2D eigenvalue weighted by Crippen LogP contribution is 2.25. The average molecular weight is 332 g/mol. The van der Waals surface area contributed by atoms with Gasteiger partial charge in [0.05, 0.1) is 6.54 Å². The molecule has 0 saturated heterocycles. The maximum Gasteiger partial charge on any atom is 0.141 e. The lowest BCUT2D eigenvalue weighted by Crippen LogP contribution is -2.06. The SMILES string of the molecule is CCc1cnc(-c2cccnc2)n1Cc1cc(Cl)ccc1Cl. The molecule has 3 nitrogen and oxygen atoms in total. The van der Waals surface area contributed by atoms with Gasteiger partial charge in [-0.1, -0.05) is 30.1 Å². The van der Waals surface area contributed by atoms with Gasteiger partial charge < -0.3 is 4.57 Å². The van der Waals surface area contributed by atoms with Crippen LogP contribution in [0.25, 0.3) is 11.4 Å². The minimum absolute atomic E-state index is 0.632. The predicted molar refractivity (Wildman–Crippen MR) is 90.4 cm³/mol. The van der Waals surface area contributed by atoms with Gasteiger partial charge in [0, 0.05) is 39.9 Å². The van der Waals surface area contributed by atoms with Gasteiger partial charge in [-0.3, -0.25) is 4.98 Å². The van der Waals surface area contributed by atoms with Crippen LogP contribution in [-0.2, 0) is 13.0 Å². The van der Waals surface area contributed by atoms with Crippen LogP contribution < -0.4 is 0 Å². The van der Waals surface area contributed by atoms with Crippen LogP contribution in [0.2, 0.25) is 10.0 Å². The molecule has 3 aromatic rings. The van der Waals surface area contributed by atoms with Gasteiger partial charge in [0.15, 0.2) is 0 Å². The second-order valence-corrected chi connectivity index (χ2v) is 5.83. The first kappa shape index (κ1) is 15.1. The first-order valence-corrected chi connectivity index (χ1v) is 7.83. The van der Waals surface area contributed by atoms with Gasteiger partial charge in [0.2, 0.25) is 0 Å². The second kappa shape index (κ2) is 6.51. The van der Waals surface area contributed by atoms with Crippen LogP contribution in [0.1, 0.15) is 18.2 Å². The molecule has 0 aliphatic carbocycles. The standard InChI is InChI=1S/C17H15Cl2N3/c1-2-15-10-21-17(12-4-3-7-20-9-12)22(15)11-13-8-14(18)5-6-16(13)19/h3-10H,2,11H2,1H3. The van der Waals surface area contributed by atoms with E-state index < -0.39 is 0 Å². The minimum atomic E-state index is 0.632. The molecule has 1 aromatic carbocycles. The Hall–Kier alpha value is -1.84. The fourth-order valence-electron chi connectivity index (χ4n) is 2.43. The van der Waals surface area contributed by atoms with E-state index in [0.29, 0.717) is 16.6 Å². The first-order chi connectivity index (χ1) is 10.7. The zero-order chi connectivity index (χ0) is 15.5. The largest absolute Gasteiger partial charge is 0.324 e. The van der Waals surface area contributed by atoms with Crippen molar-refractivity contribution in [2.75, 3.05) is 0 Å². The lowest BCUT2D eigenvalue weighted by Gasteiger charge is -2.13. The Balaban J connectivity index is 2.06. The lowest BCUT2D eigenvalue weighted by atomic mass is 10.2. The van der Waals surface area contributed by atoms with E-state index in [1.54, 1.807) is 12.3 Å². The summed E-state index contributed by atoms with van der Waals surface area (Å²) in [5, 5.41) is 1.39. The van der Waals surface area contributed by atoms with Gasteiger partial charge in [0.1, 0.15) is 5.82 Å². The molecular weight excluding hydrogens is 317 g/mol. The fraction of sp³-hybridized carbons (Fsp3) is 0.176. The maximum absolute atomic E-state index is 6.30. The van der Waals surface area contributed by atoms with Crippen LogP contribution in [0, 0.1) is 0 Å². The number of aryl methyl sites for hydroxylation is 1. The van der Waals surface area contributed by atoms with E-state index in [-0.39, 0.29) is 0 Å². The number of aromatic nitrogens is 3. The van der Waals surface area contributed by atoms with Gasteiger partial charge in [0.25, 0.3) is 0 Å². The number of halogens is 2. The van der Waals surface area contributed by atoms with Crippen molar-refractivity contribution in [2.24, 2.45) is 0 Å². The van der Waals surface area contributed by atoms with Crippen LogP contribution in [0.3, 0.4) is 0 Å². The highest BCUT2D eigenvalue weighted by molar-refractivity contribution is 6.33. The number of rotatable bonds is 4. The van der Waals surface area contributed by atoms with Gasteiger partial charge in [-0.25, -0.2) is 4.98 Å². The number of hydrogen-bond acceptors (Lipinski definition) is 2. The van der Waals surface area contributed by atoms with Crippen molar-refractivity contribution in [3.8, 4) is 11.4 Å². The molecule has 3 rings (SSSR count). The number of pyridine rings is 1. The van der Waals surface area contributed by atoms with Crippen molar-refractivity contribution in [3.63, 3.8) is 0 Å². The molecule has 0 spiro atoms. The second-order valence-electron chi connectivity index (χ2n) is 4.99. The summed E-state index contributed by atoms with van der Waals surface area (Å²) in [4.78, 5) is 8.73. The van der Waals surface area contributed by atoms with E-state index >= 15 is 0 Å². The van der Waals surface area contributed by atoms with Crippen molar-refractivity contribution in [1.82, 2.24) is 14.5 Å². The zero-order valence-corrected chi connectivity index (χ0v) is 13.6. The molecule has 0 amide bonds. The Labute approximate surface area is 139 Å². The summed E-state index contributed by atoms with van der Waals surface area (Å²) in [5.74, 6) is 0.890. The third kappa shape index (κ3) is 3.01. The summed E-state index contributed by atoms with van der Waals surface area (Å²) in [7, 11) is 0. The Bertz CT molecular complexity index is 782. The summed E-state index contributed by atoms with van der Waals surface area (Å²) < 4.78 is 2.16. The van der Waals surface area contributed by atoms with Crippen LogP contribution >= 0.6 is 23.2 Å². The number of hydrogen-bond donors (Lipinski definition) is 0. The quantitative estimate of drug-likeness (QED) is 0.683. The van der Waals surface area contributed by atoms with Crippen LogP contribution in [0.5, 0.6) is 0 Å². The highest BCUT2D eigenvalue weighted by Gasteiger charge is 2.13. The first-order valence-electron chi connectivity index (χ1n) is 7.07. The highest BCUT2D eigenvalue weighted by atomic mass is 35.5. The predicted octanol–water partition coefficient (Wildman–Crippen LogP) is 4.86. The van der Waals surface area contributed by atoms with E-state index in [4.69, 9.17) is 23.2 Å². The zero-order valence-electron chi connectivity index (χ0n) is 12.1. The summed E-state index contributed by atoms with van der Waals surface area (Å²) in [6.07, 6.45) is 6.37. The van der Waals surface area contributed by atoms with Gasteiger partial charge in [-0.2, -0.15) is 0 Å². The molecule has 0 N–H and O–H groups in total. The topological polar surface area (TPSA) is 30.7 Å². The number of imidazole rings is 1. The van der Waals surface area contributed by atoms with Crippen LogP contribution in [-0.4, -0.2) is 14.5 Å². The van der Waals surface area contributed by atoms with E-state index in [0.717, 1.165) is 29.1 Å². The molecule has 0 fully saturated rings. The fourth-order valence-corrected chi connectivity index (χ4v) is 2.80. The molecule has 5 heteroatoms. The van der Waals surface area contributed by atoms with E-state index in [1.165, 1.54) is 0 Å².